The molecule has 3 aliphatic heterocycles. The number of rotatable bonds is 5. The summed E-state index contributed by atoms with van der Waals surface area (Å²) in [7, 11) is -3.95. The number of carbonyl (C=O) groups excluding carboxylic acids is 5. The van der Waals surface area contributed by atoms with E-state index in [2.05, 4.69) is 15.4 Å². The Hall–Kier alpha value is -4.28. The van der Waals surface area contributed by atoms with Gasteiger partial charge >= 0.3 is 12.2 Å². The van der Waals surface area contributed by atoms with E-state index in [0.717, 1.165) is 23.5 Å². The second-order valence-electron chi connectivity index (χ2n) is 15.3. The zero-order valence-electron chi connectivity index (χ0n) is 29.4. The van der Waals surface area contributed by atoms with Crippen molar-refractivity contribution < 1.29 is 50.6 Å². The molecule has 284 valence electrons. The quantitative estimate of drug-likeness (QED) is 0.381. The van der Waals surface area contributed by atoms with Gasteiger partial charge in [-0.3, -0.25) is 24.0 Å². The van der Waals surface area contributed by atoms with Gasteiger partial charge in [0, 0.05) is 23.5 Å². The molecule has 0 bridgehead atoms. The normalized spacial score (nSPS) is 28.6. The summed E-state index contributed by atoms with van der Waals surface area (Å²) >= 11 is 0. The first-order chi connectivity index (χ1) is 24.5. The maximum absolute atomic E-state index is 14.4. The Balaban J connectivity index is 1.25. The van der Waals surface area contributed by atoms with Gasteiger partial charge in [0.25, 0.3) is 5.91 Å². The summed E-state index contributed by atoms with van der Waals surface area (Å²) in [6.45, 7) is 4.27. The summed E-state index contributed by atoms with van der Waals surface area (Å²) in [6, 6.07) is -0.453. The van der Waals surface area contributed by atoms with Gasteiger partial charge in [-0.25, -0.2) is 26.8 Å². The van der Waals surface area contributed by atoms with E-state index in [9.17, 15) is 41.2 Å². The number of hydrogen-bond acceptors (Lipinski definition) is 9. The highest BCUT2D eigenvalue weighted by Crippen LogP contribution is 2.46. The molecule has 17 heteroatoms. The van der Waals surface area contributed by atoms with Gasteiger partial charge in [0.05, 0.1) is 24.9 Å². The lowest BCUT2D eigenvalue weighted by Crippen LogP contribution is -2.58. The Bertz CT molecular complexity index is 1750. The van der Waals surface area contributed by atoms with E-state index in [4.69, 9.17) is 9.47 Å². The minimum Gasteiger partial charge on any atom is -0.444 e. The number of benzene rings is 1. The molecule has 1 aromatic carbocycles. The highest BCUT2D eigenvalue weighted by Gasteiger charge is 2.62. The zero-order chi connectivity index (χ0) is 37.6. The molecule has 5 aliphatic rings. The molecule has 5 amide bonds. The van der Waals surface area contributed by atoms with Gasteiger partial charge in [-0.15, -0.1) is 0 Å². The molecule has 3 fully saturated rings. The topological polar surface area (TPSA) is 181 Å². The van der Waals surface area contributed by atoms with Crippen molar-refractivity contribution >= 4 is 39.9 Å². The van der Waals surface area contributed by atoms with Crippen LogP contribution in [-0.2, 0) is 47.0 Å². The molecular formula is C35H45F2N5O9S. The Morgan fingerprint density at radius 2 is 1.67 bits per heavy atom. The molecule has 3 heterocycles. The van der Waals surface area contributed by atoms with E-state index in [0.29, 0.717) is 32.1 Å². The van der Waals surface area contributed by atoms with Crippen molar-refractivity contribution in [2.75, 3.05) is 6.54 Å². The second kappa shape index (κ2) is 14.3. The minimum absolute atomic E-state index is 0.0296. The number of nitrogens with zero attached hydrogens (tertiary/aromatic N) is 2. The van der Waals surface area contributed by atoms with E-state index in [1.165, 1.54) is 4.90 Å². The summed E-state index contributed by atoms with van der Waals surface area (Å²) in [5.74, 6) is -4.12. The molecule has 3 N–H and O–H groups in total. The number of alkyl carbamates (subject to hydrolysis) is 1. The van der Waals surface area contributed by atoms with Gasteiger partial charge in [-0.2, -0.15) is 0 Å². The van der Waals surface area contributed by atoms with Crippen LogP contribution in [0.3, 0.4) is 0 Å². The lowest BCUT2D eigenvalue weighted by Gasteiger charge is -2.30. The van der Waals surface area contributed by atoms with Crippen molar-refractivity contribution in [2.24, 2.45) is 5.92 Å². The molecule has 52 heavy (non-hydrogen) atoms. The number of hydrogen-bond donors (Lipinski definition) is 3. The fourth-order valence-electron chi connectivity index (χ4n) is 7.06. The van der Waals surface area contributed by atoms with E-state index in [1.807, 2.05) is 6.08 Å². The van der Waals surface area contributed by atoms with Crippen molar-refractivity contribution in [3.05, 3.63) is 47.0 Å². The van der Waals surface area contributed by atoms with E-state index < -0.39 is 92.1 Å². The number of allylic oxidation sites excluding steroid dienone is 1. The SMILES string of the molecule is CC(C)(C)OC(=O)N[C@H]1CCCCC/C=C\[C@@H]2C[C@@]2(C(=O)NS(=O)(=O)C2CC2)NC(=O)[C@@H]2C[C@@H](OC(=O)N3Cc4c(F)ccc(F)c4C3)CN2C1=O. The van der Waals surface area contributed by atoms with Crippen molar-refractivity contribution in [2.45, 2.75) is 126 Å². The van der Waals surface area contributed by atoms with Crippen LogP contribution in [-0.4, -0.2) is 89.2 Å². The van der Waals surface area contributed by atoms with Gasteiger partial charge in [-0.1, -0.05) is 25.0 Å². The first-order valence-electron chi connectivity index (χ1n) is 17.7. The Morgan fingerprint density at radius 3 is 2.31 bits per heavy atom. The van der Waals surface area contributed by atoms with Crippen molar-refractivity contribution in [3.8, 4) is 0 Å². The highest BCUT2D eigenvalue weighted by atomic mass is 32.2. The minimum atomic E-state index is -3.95. The summed E-state index contributed by atoms with van der Waals surface area (Å²) in [6.07, 6.45) is 4.48. The number of nitrogens with one attached hydrogen (secondary N) is 3. The van der Waals surface area contributed by atoms with Gasteiger partial charge in [0.15, 0.2) is 0 Å². The molecule has 1 aromatic rings. The smallest absolute Gasteiger partial charge is 0.410 e. The monoisotopic (exact) mass is 749 g/mol. The van der Waals surface area contributed by atoms with Crippen LogP contribution in [0.15, 0.2) is 24.3 Å². The molecule has 0 spiro atoms. The maximum Gasteiger partial charge on any atom is 0.410 e. The first kappa shape index (κ1) is 37.5. The Labute approximate surface area is 301 Å². The number of sulfonamides is 1. The number of carbonyl (C=O) groups is 5. The van der Waals surface area contributed by atoms with Crippen molar-refractivity contribution in [3.63, 3.8) is 0 Å². The van der Waals surface area contributed by atoms with Crippen LogP contribution in [0.4, 0.5) is 18.4 Å². The van der Waals surface area contributed by atoms with Crippen LogP contribution < -0.4 is 15.4 Å². The lowest BCUT2D eigenvalue weighted by atomic mass is 10.0. The second-order valence-corrected chi connectivity index (χ2v) is 17.3. The Kier molecular flexibility index (Phi) is 10.3. The summed E-state index contributed by atoms with van der Waals surface area (Å²) in [5, 5.41) is 4.70. The van der Waals surface area contributed by atoms with E-state index in [-0.39, 0.29) is 50.0 Å². The molecule has 1 saturated heterocycles. The van der Waals surface area contributed by atoms with Crippen LogP contribution in [0.5, 0.6) is 0 Å². The maximum atomic E-state index is 14.4. The predicted octanol–water partition coefficient (Wildman–Crippen LogP) is 3.28. The van der Waals surface area contributed by atoms with Crippen LogP contribution in [0.25, 0.3) is 0 Å². The third-order valence-electron chi connectivity index (χ3n) is 10.1. The first-order valence-corrected chi connectivity index (χ1v) is 19.3. The lowest BCUT2D eigenvalue weighted by molar-refractivity contribution is -0.141. The van der Waals surface area contributed by atoms with E-state index in [1.54, 1.807) is 26.8 Å². The van der Waals surface area contributed by atoms with Gasteiger partial charge in [0.2, 0.25) is 21.8 Å². The highest BCUT2D eigenvalue weighted by molar-refractivity contribution is 7.91. The number of amides is 5. The van der Waals surface area contributed by atoms with Gasteiger partial charge < -0.3 is 25.0 Å². The van der Waals surface area contributed by atoms with Crippen LogP contribution in [0.2, 0.25) is 0 Å². The number of halogens is 2. The number of ether oxygens (including phenoxy) is 2. The molecular weight excluding hydrogens is 704 g/mol. The fourth-order valence-corrected chi connectivity index (χ4v) is 8.42. The molecule has 2 aliphatic carbocycles. The Morgan fingerprint density at radius 1 is 1.00 bits per heavy atom. The van der Waals surface area contributed by atoms with Gasteiger partial charge in [0.1, 0.15) is 41.0 Å². The molecule has 5 atom stereocenters. The fraction of sp³-hybridized carbons (Fsp3) is 0.629. The molecule has 2 saturated carbocycles. The molecule has 0 aromatic heterocycles. The summed E-state index contributed by atoms with van der Waals surface area (Å²) < 4.78 is 67.6. The molecule has 14 nitrogen and oxygen atoms in total. The standard InChI is InChI=1S/C35H45F2N5O9S/c1-34(2,3)51-32(46)38-27-10-8-6-4-5-7-9-20-16-35(20,31(45)40-52(48,49)22-11-12-22)39-29(43)28-15-21(17-42(28)30(27)44)50-33(47)41-18-23-24(19-41)26(37)14-13-25(23)36/h7,9,13-14,20-22,27-28H,4-6,8,10-12,15-19H2,1-3H3,(H,38,46)(H,39,43)(H,40,45)/b9-7-/t20-,21-,27+,28+,35-/m1/s1. The third kappa shape index (κ3) is 8.18. The average molecular weight is 750 g/mol. The largest absolute Gasteiger partial charge is 0.444 e. The third-order valence-corrected chi connectivity index (χ3v) is 11.9. The molecule has 0 radical (unpaired) electrons. The van der Waals surface area contributed by atoms with E-state index >= 15 is 0 Å². The van der Waals surface area contributed by atoms with Crippen LogP contribution in [0, 0.1) is 17.6 Å². The predicted molar refractivity (Wildman–Crippen MR) is 180 cm³/mol. The van der Waals surface area contributed by atoms with Crippen molar-refractivity contribution in [1.29, 1.82) is 0 Å². The van der Waals surface area contributed by atoms with Gasteiger partial charge in [-0.05, 0) is 71.4 Å². The average Bonchev–Trinajstić information content (AvgIpc) is 3.94. The van der Waals surface area contributed by atoms with Crippen molar-refractivity contribution in [1.82, 2.24) is 25.2 Å². The van der Waals surface area contributed by atoms with Crippen LogP contribution >= 0.6 is 0 Å². The summed E-state index contributed by atoms with van der Waals surface area (Å²) in [5.41, 5.74) is -2.40. The summed E-state index contributed by atoms with van der Waals surface area (Å²) in [4.78, 5) is 70.5. The van der Waals surface area contributed by atoms with Crippen LogP contribution in [0.1, 0.15) is 89.7 Å². The number of fused-ring (bicyclic) bond motifs is 3. The molecule has 6 rings (SSSR count). The zero-order valence-corrected chi connectivity index (χ0v) is 30.2. The molecule has 0 unspecified atom stereocenters.